The van der Waals surface area contributed by atoms with Crippen molar-refractivity contribution in [3.8, 4) is 0 Å². The number of nitrogens with zero attached hydrogens (tertiary/aromatic N) is 2. The fourth-order valence-electron chi connectivity index (χ4n) is 0.558. The largest absolute Gasteiger partial charge is 0.395 e. The first kappa shape index (κ1) is 10.2. The van der Waals surface area contributed by atoms with Crippen LogP contribution in [-0.4, -0.2) is 27.2 Å². The van der Waals surface area contributed by atoms with Crippen LogP contribution in [0.15, 0.2) is 0 Å². The Balaban J connectivity index is 2.33. The highest BCUT2D eigenvalue weighted by atomic mass is 35.5. The molecule has 1 atom stereocenters. The van der Waals surface area contributed by atoms with Crippen molar-refractivity contribution in [2.75, 3.05) is 6.61 Å². The summed E-state index contributed by atoms with van der Waals surface area (Å²) >= 11 is 8.62. The van der Waals surface area contributed by atoms with Crippen molar-refractivity contribution in [1.29, 1.82) is 0 Å². The quantitative estimate of drug-likeness (QED) is 0.848. The van der Waals surface area contributed by atoms with E-state index in [1.807, 2.05) is 6.92 Å². The van der Waals surface area contributed by atoms with Gasteiger partial charge in [0.1, 0.15) is 5.01 Å². The molecule has 0 saturated heterocycles. The lowest BCUT2D eigenvalue weighted by molar-refractivity contribution is 0.300. The molecule has 0 amide bonds. The minimum Gasteiger partial charge on any atom is -0.395 e. The van der Waals surface area contributed by atoms with Crippen LogP contribution in [0.2, 0.25) is 4.47 Å². The highest BCUT2D eigenvalue weighted by Gasteiger charge is 2.05. The first-order valence-electron chi connectivity index (χ1n) is 3.42. The first-order chi connectivity index (χ1) is 5.72. The minimum absolute atomic E-state index is 0.192. The number of thioether (sulfide) groups is 1. The summed E-state index contributed by atoms with van der Waals surface area (Å²) in [5.74, 6) is 0.770. The average Bonchev–Trinajstić information content (AvgIpc) is 2.47. The molecule has 1 heterocycles. The van der Waals surface area contributed by atoms with Crippen LogP contribution in [0.25, 0.3) is 0 Å². The maximum Gasteiger partial charge on any atom is 0.207 e. The van der Waals surface area contributed by atoms with Gasteiger partial charge in [-0.3, -0.25) is 0 Å². The monoisotopic (exact) mass is 224 g/mol. The van der Waals surface area contributed by atoms with E-state index in [2.05, 4.69) is 10.2 Å². The molecule has 68 valence electrons. The van der Waals surface area contributed by atoms with Crippen molar-refractivity contribution in [3.63, 3.8) is 0 Å². The molecule has 1 aromatic rings. The molecule has 0 aliphatic heterocycles. The van der Waals surface area contributed by atoms with Crippen LogP contribution in [0, 0.1) is 0 Å². The van der Waals surface area contributed by atoms with Crippen LogP contribution in [-0.2, 0) is 5.75 Å². The molecule has 0 aliphatic rings. The lowest BCUT2D eigenvalue weighted by Crippen LogP contribution is -2.02. The van der Waals surface area contributed by atoms with E-state index in [9.17, 15) is 0 Å². The molecule has 1 unspecified atom stereocenters. The van der Waals surface area contributed by atoms with Gasteiger partial charge in [-0.2, -0.15) is 0 Å². The van der Waals surface area contributed by atoms with Gasteiger partial charge in [0.05, 0.1) is 6.61 Å². The zero-order valence-electron chi connectivity index (χ0n) is 6.53. The standard InChI is InChI=1S/C6H9ClN2OS2/c1-4(2-10)11-3-5-8-9-6(7)12-5/h4,10H,2-3H2,1H3. The molecular formula is C6H9ClN2OS2. The van der Waals surface area contributed by atoms with E-state index in [1.165, 1.54) is 11.3 Å². The molecule has 1 rings (SSSR count). The van der Waals surface area contributed by atoms with Gasteiger partial charge >= 0.3 is 0 Å². The molecular weight excluding hydrogens is 216 g/mol. The molecule has 3 nitrogen and oxygen atoms in total. The maximum absolute atomic E-state index is 8.74. The highest BCUT2D eigenvalue weighted by Crippen LogP contribution is 2.22. The Morgan fingerprint density at radius 3 is 2.92 bits per heavy atom. The molecule has 1 N–H and O–H groups in total. The van der Waals surface area contributed by atoms with E-state index in [-0.39, 0.29) is 11.9 Å². The molecule has 0 aromatic carbocycles. The number of rotatable bonds is 4. The summed E-state index contributed by atoms with van der Waals surface area (Å²) in [6.07, 6.45) is 0. The molecule has 0 bridgehead atoms. The summed E-state index contributed by atoms with van der Waals surface area (Å²) in [5.41, 5.74) is 0. The van der Waals surface area contributed by atoms with E-state index in [1.54, 1.807) is 11.8 Å². The number of aromatic nitrogens is 2. The fourth-order valence-corrected chi connectivity index (χ4v) is 2.25. The van der Waals surface area contributed by atoms with Gasteiger partial charge in [0, 0.05) is 11.0 Å². The molecule has 0 saturated carbocycles. The van der Waals surface area contributed by atoms with Crippen molar-refractivity contribution >= 4 is 34.7 Å². The third kappa shape index (κ3) is 3.26. The summed E-state index contributed by atoms with van der Waals surface area (Å²) in [6.45, 7) is 2.16. The molecule has 0 fully saturated rings. The second-order valence-corrected chi connectivity index (χ2v) is 5.32. The van der Waals surface area contributed by atoms with E-state index < -0.39 is 0 Å². The van der Waals surface area contributed by atoms with E-state index in [0.29, 0.717) is 4.47 Å². The van der Waals surface area contributed by atoms with Crippen molar-refractivity contribution in [1.82, 2.24) is 10.2 Å². The third-order valence-electron chi connectivity index (χ3n) is 1.19. The molecule has 6 heteroatoms. The van der Waals surface area contributed by atoms with Crippen LogP contribution in [0.1, 0.15) is 11.9 Å². The van der Waals surface area contributed by atoms with Crippen molar-refractivity contribution in [3.05, 3.63) is 9.47 Å². The minimum atomic E-state index is 0.192. The van der Waals surface area contributed by atoms with E-state index in [0.717, 1.165) is 10.8 Å². The summed E-state index contributed by atoms with van der Waals surface area (Å²) in [4.78, 5) is 0. The van der Waals surface area contributed by atoms with Crippen molar-refractivity contribution in [2.45, 2.75) is 17.9 Å². The zero-order valence-corrected chi connectivity index (χ0v) is 8.92. The summed E-state index contributed by atoms with van der Waals surface area (Å²) < 4.78 is 0.474. The Kier molecular flexibility index (Phi) is 4.28. The van der Waals surface area contributed by atoms with Gasteiger partial charge in [0.2, 0.25) is 4.47 Å². The predicted molar refractivity (Wildman–Crippen MR) is 52.8 cm³/mol. The smallest absolute Gasteiger partial charge is 0.207 e. The number of aliphatic hydroxyl groups excluding tert-OH is 1. The SMILES string of the molecule is CC(CO)SCc1nnc(Cl)s1. The molecule has 12 heavy (non-hydrogen) atoms. The predicted octanol–water partition coefficient (Wildman–Crippen LogP) is 1.81. The summed E-state index contributed by atoms with van der Waals surface area (Å²) in [5, 5.41) is 17.4. The van der Waals surface area contributed by atoms with Crippen LogP contribution in [0.3, 0.4) is 0 Å². The Bertz CT molecular complexity index is 243. The Morgan fingerprint density at radius 2 is 2.42 bits per heavy atom. The second-order valence-electron chi connectivity index (χ2n) is 2.25. The van der Waals surface area contributed by atoms with Crippen LogP contribution >= 0.6 is 34.7 Å². The fraction of sp³-hybridized carbons (Fsp3) is 0.667. The van der Waals surface area contributed by atoms with Crippen LogP contribution in [0.4, 0.5) is 0 Å². The van der Waals surface area contributed by atoms with Gasteiger partial charge in [-0.25, -0.2) is 0 Å². The van der Waals surface area contributed by atoms with Crippen LogP contribution < -0.4 is 0 Å². The number of halogens is 1. The lowest BCUT2D eigenvalue weighted by Gasteiger charge is -2.03. The average molecular weight is 225 g/mol. The Morgan fingerprint density at radius 1 is 1.67 bits per heavy atom. The summed E-state index contributed by atoms with van der Waals surface area (Å²) in [7, 11) is 0. The summed E-state index contributed by atoms with van der Waals surface area (Å²) in [6, 6.07) is 0. The maximum atomic E-state index is 8.74. The van der Waals surface area contributed by atoms with Crippen molar-refractivity contribution in [2.24, 2.45) is 0 Å². The topological polar surface area (TPSA) is 46.0 Å². The molecule has 1 aromatic heterocycles. The van der Waals surface area contributed by atoms with Crippen LogP contribution in [0.5, 0.6) is 0 Å². The number of hydrogen-bond acceptors (Lipinski definition) is 5. The highest BCUT2D eigenvalue weighted by molar-refractivity contribution is 7.99. The van der Waals surface area contributed by atoms with Crippen molar-refractivity contribution < 1.29 is 5.11 Å². The van der Waals surface area contributed by atoms with E-state index >= 15 is 0 Å². The number of hydrogen-bond donors (Lipinski definition) is 1. The third-order valence-corrected chi connectivity index (χ3v) is 3.55. The first-order valence-corrected chi connectivity index (χ1v) is 5.67. The van der Waals surface area contributed by atoms with E-state index in [4.69, 9.17) is 16.7 Å². The molecule has 0 aliphatic carbocycles. The van der Waals surface area contributed by atoms with Gasteiger partial charge in [-0.1, -0.05) is 18.3 Å². The molecule has 0 radical (unpaired) electrons. The lowest BCUT2D eigenvalue weighted by atomic mass is 10.5. The molecule has 0 spiro atoms. The Hall–Kier alpha value is 0.160. The van der Waals surface area contributed by atoms with Gasteiger partial charge in [-0.15, -0.1) is 22.0 Å². The zero-order chi connectivity index (χ0) is 8.97. The second kappa shape index (κ2) is 5.01. The number of aliphatic hydroxyl groups is 1. The van der Waals surface area contributed by atoms with Gasteiger partial charge < -0.3 is 5.11 Å². The Labute approximate surface area is 84.2 Å². The van der Waals surface area contributed by atoms with Gasteiger partial charge in [-0.05, 0) is 11.6 Å². The van der Waals surface area contributed by atoms with Gasteiger partial charge in [0.15, 0.2) is 0 Å². The van der Waals surface area contributed by atoms with Gasteiger partial charge in [0.25, 0.3) is 0 Å². The normalized spacial score (nSPS) is 13.2.